The first kappa shape index (κ1) is 14.7. The van der Waals surface area contributed by atoms with Crippen LogP contribution in [0.2, 0.25) is 0 Å². The third-order valence-electron chi connectivity index (χ3n) is 3.27. The Labute approximate surface area is 118 Å². The molecule has 0 spiro atoms. The number of hydrogen-bond donors (Lipinski definition) is 1. The molecule has 20 heavy (non-hydrogen) atoms. The zero-order valence-corrected chi connectivity index (χ0v) is 12.3. The van der Waals surface area contributed by atoms with Crippen molar-refractivity contribution in [1.82, 2.24) is 9.97 Å². The fraction of sp³-hybridized carbons (Fsp3) is 0.643. The van der Waals surface area contributed by atoms with E-state index in [1.165, 1.54) is 0 Å². The van der Waals surface area contributed by atoms with Crippen molar-refractivity contribution in [1.29, 1.82) is 0 Å². The van der Waals surface area contributed by atoms with Crippen molar-refractivity contribution >= 4 is 11.7 Å². The van der Waals surface area contributed by atoms with Gasteiger partial charge in [-0.3, -0.25) is 0 Å². The van der Waals surface area contributed by atoms with Crippen molar-refractivity contribution in [3.8, 4) is 0 Å². The number of carboxylic acid groups (broad SMARTS) is 1. The molecule has 6 heteroatoms. The highest BCUT2D eigenvalue weighted by atomic mass is 16.5. The molecule has 2 rings (SSSR count). The molecule has 2 heterocycles. The van der Waals surface area contributed by atoms with E-state index in [4.69, 9.17) is 4.74 Å². The normalized spacial score (nSPS) is 23.1. The molecule has 0 saturated carbocycles. The van der Waals surface area contributed by atoms with Crippen LogP contribution in [-0.4, -0.2) is 46.3 Å². The van der Waals surface area contributed by atoms with Crippen LogP contribution in [-0.2, 0) is 4.74 Å². The molecule has 0 bridgehead atoms. The van der Waals surface area contributed by atoms with Crippen molar-refractivity contribution in [2.75, 3.05) is 18.0 Å². The van der Waals surface area contributed by atoms with Crippen molar-refractivity contribution in [3.63, 3.8) is 0 Å². The lowest BCUT2D eigenvalue weighted by atomic mass is 10.1. The lowest BCUT2D eigenvalue weighted by molar-refractivity contribution is -0.00536. The van der Waals surface area contributed by atoms with Crippen LogP contribution < -0.4 is 4.90 Å². The minimum Gasteiger partial charge on any atom is -0.476 e. The number of morpholine rings is 1. The summed E-state index contributed by atoms with van der Waals surface area (Å²) in [5, 5.41) is 9.39. The van der Waals surface area contributed by atoms with Gasteiger partial charge in [-0.1, -0.05) is 13.8 Å². The number of aromatic carboxylic acids is 1. The van der Waals surface area contributed by atoms with E-state index >= 15 is 0 Å². The summed E-state index contributed by atoms with van der Waals surface area (Å²) in [7, 11) is 0. The molecular weight excluding hydrogens is 258 g/mol. The molecule has 1 saturated heterocycles. The minimum atomic E-state index is -1.02. The number of nitrogens with zero attached hydrogens (tertiary/aromatic N) is 3. The number of anilines is 1. The second-order valence-corrected chi connectivity index (χ2v) is 5.58. The summed E-state index contributed by atoms with van der Waals surface area (Å²) in [6.45, 7) is 9.14. The SMILES string of the molecule is CC(C)c1ncc(N2C[C@@H](C)O[C@@H](C)C2)c(C(=O)O)n1. The number of carboxylic acids is 1. The van der Waals surface area contributed by atoms with Gasteiger partial charge in [0.15, 0.2) is 5.69 Å². The smallest absolute Gasteiger partial charge is 0.356 e. The second-order valence-electron chi connectivity index (χ2n) is 5.58. The van der Waals surface area contributed by atoms with E-state index in [1.807, 2.05) is 32.6 Å². The molecule has 2 atom stereocenters. The van der Waals surface area contributed by atoms with Crippen molar-refractivity contribution in [3.05, 3.63) is 17.7 Å². The molecule has 1 N–H and O–H groups in total. The van der Waals surface area contributed by atoms with Crippen LogP contribution in [0.4, 0.5) is 5.69 Å². The number of ether oxygens (including phenoxy) is 1. The van der Waals surface area contributed by atoms with Gasteiger partial charge in [0, 0.05) is 19.0 Å². The third kappa shape index (κ3) is 3.07. The zero-order valence-electron chi connectivity index (χ0n) is 12.3. The van der Waals surface area contributed by atoms with Crippen LogP contribution in [0.1, 0.15) is 49.9 Å². The van der Waals surface area contributed by atoms with Gasteiger partial charge in [-0.25, -0.2) is 14.8 Å². The summed E-state index contributed by atoms with van der Waals surface area (Å²) in [5.41, 5.74) is 0.647. The minimum absolute atomic E-state index is 0.0603. The highest BCUT2D eigenvalue weighted by molar-refractivity contribution is 5.92. The number of hydrogen-bond acceptors (Lipinski definition) is 5. The van der Waals surface area contributed by atoms with Crippen LogP contribution in [0.15, 0.2) is 6.20 Å². The van der Waals surface area contributed by atoms with E-state index in [9.17, 15) is 9.90 Å². The molecule has 1 fully saturated rings. The maximum atomic E-state index is 11.5. The maximum absolute atomic E-state index is 11.5. The van der Waals surface area contributed by atoms with E-state index in [0.29, 0.717) is 24.6 Å². The summed E-state index contributed by atoms with van der Waals surface area (Å²) in [5.74, 6) is -0.360. The zero-order chi connectivity index (χ0) is 14.9. The molecule has 0 amide bonds. The van der Waals surface area contributed by atoms with E-state index < -0.39 is 5.97 Å². The Morgan fingerprint density at radius 1 is 1.40 bits per heavy atom. The van der Waals surface area contributed by atoms with Gasteiger partial charge in [-0.15, -0.1) is 0 Å². The van der Waals surface area contributed by atoms with Gasteiger partial charge in [-0.05, 0) is 13.8 Å². The van der Waals surface area contributed by atoms with E-state index in [0.717, 1.165) is 0 Å². The van der Waals surface area contributed by atoms with E-state index in [2.05, 4.69) is 9.97 Å². The van der Waals surface area contributed by atoms with Crippen LogP contribution >= 0.6 is 0 Å². The van der Waals surface area contributed by atoms with Gasteiger partial charge in [0.25, 0.3) is 0 Å². The highest BCUT2D eigenvalue weighted by Gasteiger charge is 2.27. The van der Waals surface area contributed by atoms with Gasteiger partial charge >= 0.3 is 5.97 Å². The number of aromatic nitrogens is 2. The van der Waals surface area contributed by atoms with Crippen LogP contribution in [0.5, 0.6) is 0 Å². The summed E-state index contributed by atoms with van der Waals surface area (Å²) in [4.78, 5) is 21.9. The first-order valence-electron chi connectivity index (χ1n) is 6.89. The van der Waals surface area contributed by atoms with E-state index in [1.54, 1.807) is 6.20 Å². The van der Waals surface area contributed by atoms with Crippen LogP contribution in [0.25, 0.3) is 0 Å². The molecule has 110 valence electrons. The quantitative estimate of drug-likeness (QED) is 0.911. The molecule has 0 radical (unpaired) electrons. The maximum Gasteiger partial charge on any atom is 0.356 e. The van der Waals surface area contributed by atoms with Crippen LogP contribution in [0.3, 0.4) is 0 Å². The molecule has 6 nitrogen and oxygen atoms in total. The summed E-state index contributed by atoms with van der Waals surface area (Å²) < 4.78 is 5.67. The largest absolute Gasteiger partial charge is 0.476 e. The first-order chi connectivity index (χ1) is 9.38. The average Bonchev–Trinajstić information content (AvgIpc) is 2.36. The summed E-state index contributed by atoms with van der Waals surface area (Å²) >= 11 is 0. The Bertz CT molecular complexity index is 494. The predicted octanol–water partition coefficient (Wildman–Crippen LogP) is 1.91. The number of carbonyl (C=O) groups is 1. The van der Waals surface area contributed by atoms with Gasteiger partial charge in [0.2, 0.25) is 0 Å². The Balaban J connectivity index is 2.37. The number of rotatable bonds is 3. The molecule has 1 aliphatic rings. The first-order valence-corrected chi connectivity index (χ1v) is 6.89. The molecule has 1 aromatic heterocycles. The fourth-order valence-electron chi connectivity index (χ4n) is 2.43. The molecule has 1 aliphatic heterocycles. The average molecular weight is 279 g/mol. The van der Waals surface area contributed by atoms with E-state index in [-0.39, 0.29) is 23.8 Å². The van der Waals surface area contributed by atoms with Gasteiger partial charge in [0.1, 0.15) is 5.82 Å². The summed E-state index contributed by atoms with van der Waals surface area (Å²) in [6.07, 6.45) is 1.74. The Morgan fingerprint density at radius 3 is 2.50 bits per heavy atom. The second kappa shape index (κ2) is 5.75. The fourth-order valence-corrected chi connectivity index (χ4v) is 2.43. The van der Waals surface area contributed by atoms with Gasteiger partial charge in [-0.2, -0.15) is 0 Å². The monoisotopic (exact) mass is 279 g/mol. The van der Waals surface area contributed by atoms with Gasteiger partial charge in [0.05, 0.1) is 24.1 Å². The Kier molecular flexibility index (Phi) is 4.23. The van der Waals surface area contributed by atoms with Crippen molar-refractivity contribution in [2.45, 2.75) is 45.8 Å². The molecular formula is C14H21N3O3. The van der Waals surface area contributed by atoms with Crippen molar-refractivity contribution in [2.24, 2.45) is 0 Å². The Hall–Kier alpha value is -1.69. The van der Waals surface area contributed by atoms with Crippen molar-refractivity contribution < 1.29 is 14.6 Å². The van der Waals surface area contributed by atoms with Gasteiger partial charge < -0.3 is 14.7 Å². The standard InChI is InChI=1S/C14H21N3O3/c1-8(2)13-15-5-11(12(16-13)14(18)19)17-6-9(3)20-10(4)7-17/h5,8-10H,6-7H2,1-4H3,(H,18,19)/t9-,10+. The molecule has 0 unspecified atom stereocenters. The Morgan fingerprint density at radius 2 is 2.00 bits per heavy atom. The summed E-state index contributed by atoms with van der Waals surface area (Å²) in [6, 6.07) is 0. The molecule has 1 aromatic rings. The predicted molar refractivity (Wildman–Crippen MR) is 75.3 cm³/mol. The molecule has 0 aliphatic carbocycles. The highest BCUT2D eigenvalue weighted by Crippen LogP contribution is 2.24. The lowest BCUT2D eigenvalue weighted by Crippen LogP contribution is -2.46. The third-order valence-corrected chi connectivity index (χ3v) is 3.27. The topological polar surface area (TPSA) is 75.6 Å². The lowest BCUT2D eigenvalue weighted by Gasteiger charge is -2.37. The molecule has 0 aromatic carbocycles. The van der Waals surface area contributed by atoms with Crippen LogP contribution in [0, 0.1) is 0 Å².